The number of nitrogens with two attached hydrogens (primary N) is 1. The molecule has 1 heterocycles. The van der Waals surface area contributed by atoms with Crippen LogP contribution in [-0.4, -0.2) is 10.9 Å². The Morgan fingerprint density at radius 2 is 2.05 bits per heavy atom. The van der Waals surface area contributed by atoms with Crippen molar-refractivity contribution in [3.8, 4) is 0 Å². The Hall–Kier alpha value is -2.43. The monoisotopic (exact) mass is 259 g/mol. The number of hydrogen-bond donors (Lipinski definition) is 2. The highest BCUT2D eigenvalue weighted by atomic mass is 19.1. The van der Waals surface area contributed by atoms with Crippen LogP contribution in [0.5, 0.6) is 0 Å². The van der Waals surface area contributed by atoms with Gasteiger partial charge in [0.2, 0.25) is 0 Å². The highest BCUT2D eigenvalue weighted by Crippen LogP contribution is 2.18. The fourth-order valence-electron chi connectivity index (χ4n) is 1.70. The molecule has 0 aliphatic carbocycles. The van der Waals surface area contributed by atoms with Crippen molar-refractivity contribution in [3.63, 3.8) is 0 Å². The van der Waals surface area contributed by atoms with E-state index in [0.29, 0.717) is 22.6 Å². The minimum Gasteiger partial charge on any atom is -0.397 e. The minimum absolute atomic E-state index is 0.356. The first kappa shape index (κ1) is 13.0. The molecule has 0 saturated heterocycles. The molecule has 98 valence electrons. The number of nitrogen functional groups attached to an aromatic ring is 1. The molecule has 0 saturated carbocycles. The molecule has 0 radical (unpaired) electrons. The summed E-state index contributed by atoms with van der Waals surface area (Å²) in [4.78, 5) is 16.1. The molecule has 0 aliphatic heterocycles. The van der Waals surface area contributed by atoms with Gasteiger partial charge in [-0.1, -0.05) is 6.07 Å². The molecule has 19 heavy (non-hydrogen) atoms. The Balaban J connectivity index is 2.30. The van der Waals surface area contributed by atoms with E-state index >= 15 is 0 Å². The molecule has 0 bridgehead atoms. The smallest absolute Gasteiger partial charge is 0.257 e. The summed E-state index contributed by atoms with van der Waals surface area (Å²) in [5, 5.41) is 2.66. The van der Waals surface area contributed by atoms with Crippen LogP contribution >= 0.6 is 0 Å². The van der Waals surface area contributed by atoms with Gasteiger partial charge in [-0.05, 0) is 37.6 Å². The summed E-state index contributed by atoms with van der Waals surface area (Å²) in [6, 6.07) is 5.78. The van der Waals surface area contributed by atoms with E-state index in [9.17, 15) is 9.18 Å². The largest absolute Gasteiger partial charge is 0.397 e. The number of carbonyl (C=O) groups is 1. The van der Waals surface area contributed by atoms with Crippen LogP contribution in [0.3, 0.4) is 0 Å². The number of halogens is 1. The Morgan fingerprint density at radius 1 is 1.32 bits per heavy atom. The molecule has 2 aromatic rings. The summed E-state index contributed by atoms with van der Waals surface area (Å²) in [5.74, 6) is -0.755. The van der Waals surface area contributed by atoms with Gasteiger partial charge < -0.3 is 11.1 Å². The van der Waals surface area contributed by atoms with Gasteiger partial charge in [-0.2, -0.15) is 0 Å². The van der Waals surface area contributed by atoms with E-state index < -0.39 is 5.82 Å². The zero-order valence-electron chi connectivity index (χ0n) is 10.7. The highest BCUT2D eigenvalue weighted by Gasteiger charge is 2.12. The molecule has 5 heteroatoms. The van der Waals surface area contributed by atoms with Crippen molar-refractivity contribution in [2.45, 2.75) is 13.8 Å². The van der Waals surface area contributed by atoms with E-state index in [4.69, 9.17) is 5.73 Å². The van der Waals surface area contributed by atoms with Gasteiger partial charge in [0.25, 0.3) is 5.91 Å². The summed E-state index contributed by atoms with van der Waals surface area (Å²) in [7, 11) is 0. The van der Waals surface area contributed by atoms with Crippen molar-refractivity contribution >= 4 is 17.3 Å². The molecule has 0 aliphatic rings. The number of hydrogen-bond acceptors (Lipinski definition) is 3. The maximum absolute atomic E-state index is 13.2. The number of benzene rings is 1. The molecule has 2 rings (SSSR count). The van der Waals surface area contributed by atoms with Crippen molar-refractivity contribution < 1.29 is 9.18 Å². The fraction of sp³-hybridized carbons (Fsp3) is 0.143. The highest BCUT2D eigenvalue weighted by molar-refractivity contribution is 6.05. The van der Waals surface area contributed by atoms with Crippen LogP contribution in [0.15, 0.2) is 30.5 Å². The molecule has 0 spiro atoms. The number of carbonyl (C=O) groups excluding carboxylic acids is 1. The van der Waals surface area contributed by atoms with E-state index in [0.717, 1.165) is 5.56 Å². The molecule has 1 aromatic carbocycles. The van der Waals surface area contributed by atoms with Gasteiger partial charge in [0, 0.05) is 5.69 Å². The van der Waals surface area contributed by atoms with Gasteiger partial charge in [0.15, 0.2) is 0 Å². The minimum atomic E-state index is -0.400. The fourth-order valence-corrected chi connectivity index (χ4v) is 1.70. The number of amides is 1. The number of rotatable bonds is 2. The average molecular weight is 259 g/mol. The lowest BCUT2D eigenvalue weighted by atomic mass is 10.1. The van der Waals surface area contributed by atoms with Gasteiger partial charge >= 0.3 is 0 Å². The number of nitrogens with zero attached hydrogens (tertiary/aromatic N) is 1. The van der Waals surface area contributed by atoms with Crippen molar-refractivity contribution in [1.82, 2.24) is 4.98 Å². The molecular formula is C14H14FN3O. The van der Waals surface area contributed by atoms with Crippen molar-refractivity contribution in [1.29, 1.82) is 0 Å². The van der Waals surface area contributed by atoms with E-state index in [1.54, 1.807) is 26.0 Å². The first-order valence-electron chi connectivity index (χ1n) is 5.77. The molecular weight excluding hydrogens is 245 g/mol. The molecule has 0 unspecified atom stereocenters. The zero-order chi connectivity index (χ0) is 14.0. The van der Waals surface area contributed by atoms with Gasteiger partial charge in [-0.25, -0.2) is 4.39 Å². The number of aromatic nitrogens is 1. The number of aryl methyl sites for hydroxylation is 2. The third kappa shape index (κ3) is 2.88. The van der Waals surface area contributed by atoms with E-state index in [-0.39, 0.29) is 5.91 Å². The summed E-state index contributed by atoms with van der Waals surface area (Å²) in [5.41, 5.74) is 8.19. The van der Waals surface area contributed by atoms with Crippen LogP contribution in [0.2, 0.25) is 0 Å². The molecule has 0 fully saturated rings. The van der Waals surface area contributed by atoms with Crippen LogP contribution in [0.25, 0.3) is 0 Å². The molecule has 3 N–H and O–H groups in total. The quantitative estimate of drug-likeness (QED) is 0.871. The van der Waals surface area contributed by atoms with Gasteiger partial charge in [0.1, 0.15) is 5.82 Å². The van der Waals surface area contributed by atoms with Gasteiger partial charge in [-0.3, -0.25) is 9.78 Å². The Kier molecular flexibility index (Phi) is 3.46. The second-order valence-corrected chi connectivity index (χ2v) is 4.31. The zero-order valence-corrected chi connectivity index (χ0v) is 10.7. The lowest BCUT2D eigenvalue weighted by Gasteiger charge is -2.10. The summed E-state index contributed by atoms with van der Waals surface area (Å²) in [6.45, 7) is 3.51. The van der Waals surface area contributed by atoms with Crippen molar-refractivity contribution in [2.75, 3.05) is 11.1 Å². The summed E-state index contributed by atoms with van der Waals surface area (Å²) >= 11 is 0. The second-order valence-electron chi connectivity index (χ2n) is 4.31. The average Bonchev–Trinajstić information content (AvgIpc) is 2.36. The van der Waals surface area contributed by atoms with Gasteiger partial charge in [-0.15, -0.1) is 0 Å². The van der Waals surface area contributed by atoms with Crippen LogP contribution in [0.1, 0.15) is 21.6 Å². The molecule has 1 amide bonds. The maximum atomic E-state index is 13.2. The molecule has 0 atom stereocenters. The third-order valence-electron chi connectivity index (χ3n) is 2.80. The van der Waals surface area contributed by atoms with Crippen molar-refractivity contribution in [2.24, 2.45) is 0 Å². The lowest BCUT2D eigenvalue weighted by Crippen LogP contribution is -2.15. The Morgan fingerprint density at radius 3 is 2.79 bits per heavy atom. The molecule has 4 nitrogen and oxygen atoms in total. The first-order valence-corrected chi connectivity index (χ1v) is 5.77. The maximum Gasteiger partial charge on any atom is 0.257 e. The van der Waals surface area contributed by atoms with Gasteiger partial charge in [0.05, 0.1) is 23.1 Å². The Bertz CT molecular complexity index is 641. The number of pyridine rings is 1. The topological polar surface area (TPSA) is 68.0 Å². The van der Waals surface area contributed by atoms with E-state index in [1.165, 1.54) is 18.3 Å². The van der Waals surface area contributed by atoms with Crippen LogP contribution < -0.4 is 11.1 Å². The lowest BCUT2D eigenvalue weighted by molar-refractivity contribution is 0.102. The SMILES string of the molecule is Cc1ccc(F)cc1NC(=O)c1cc(N)cnc1C. The predicted octanol–water partition coefficient (Wildman–Crippen LogP) is 2.67. The predicted molar refractivity (Wildman–Crippen MR) is 72.5 cm³/mol. The van der Waals surface area contributed by atoms with Crippen molar-refractivity contribution in [3.05, 3.63) is 53.1 Å². The standard InChI is InChI=1S/C14H14FN3O/c1-8-3-4-10(15)5-13(8)18-14(19)12-6-11(16)7-17-9(12)2/h3-7H,16H2,1-2H3,(H,18,19). The Labute approximate surface area is 110 Å². The van der Waals surface area contributed by atoms with Crippen LogP contribution in [-0.2, 0) is 0 Å². The van der Waals surface area contributed by atoms with E-state index in [1.807, 2.05) is 0 Å². The third-order valence-corrected chi connectivity index (χ3v) is 2.80. The van der Waals surface area contributed by atoms with Crippen LogP contribution in [0.4, 0.5) is 15.8 Å². The first-order chi connectivity index (χ1) is 8.97. The second kappa shape index (κ2) is 5.06. The number of anilines is 2. The van der Waals surface area contributed by atoms with E-state index in [2.05, 4.69) is 10.3 Å². The normalized spacial score (nSPS) is 10.3. The molecule has 1 aromatic heterocycles. The summed E-state index contributed by atoms with van der Waals surface area (Å²) < 4.78 is 13.2. The van der Waals surface area contributed by atoms with Crippen LogP contribution in [0, 0.1) is 19.7 Å². The summed E-state index contributed by atoms with van der Waals surface area (Å²) in [6.07, 6.45) is 1.49. The number of nitrogens with one attached hydrogen (secondary N) is 1.